The van der Waals surface area contributed by atoms with Crippen molar-refractivity contribution in [3.05, 3.63) is 36.4 Å². The minimum atomic E-state index is -0.129. The third-order valence-electron chi connectivity index (χ3n) is 3.35. The molecular weight excluding hydrogens is 268 g/mol. The minimum Gasteiger partial charge on any atom is -0.493 e. The fraction of sp³-hybridized carbons (Fsp3) is 0.529. The summed E-state index contributed by atoms with van der Waals surface area (Å²) in [6.07, 6.45) is 2.52. The summed E-state index contributed by atoms with van der Waals surface area (Å²) in [6, 6.07) is 5.91. The van der Waals surface area contributed by atoms with Crippen molar-refractivity contribution in [2.75, 3.05) is 20.3 Å². The number of benzene rings is 1. The summed E-state index contributed by atoms with van der Waals surface area (Å²) in [7, 11) is 1.64. The normalized spacial score (nSPS) is 21.5. The van der Waals surface area contributed by atoms with Gasteiger partial charge in [0.25, 0.3) is 0 Å². The zero-order chi connectivity index (χ0) is 15.2. The Hall–Kier alpha value is -1.52. The minimum absolute atomic E-state index is 0.0324. The number of methoxy groups -OCH3 is 1. The summed E-state index contributed by atoms with van der Waals surface area (Å²) < 4.78 is 22.6. The molecule has 4 nitrogen and oxygen atoms in total. The number of allylic oxidation sites excluding steroid dienone is 1. The van der Waals surface area contributed by atoms with Crippen molar-refractivity contribution < 1.29 is 18.9 Å². The van der Waals surface area contributed by atoms with Crippen LogP contribution in [0.15, 0.2) is 30.9 Å². The van der Waals surface area contributed by atoms with E-state index in [1.807, 2.05) is 24.3 Å². The molecule has 2 atom stereocenters. The van der Waals surface area contributed by atoms with Crippen LogP contribution in [-0.2, 0) is 15.9 Å². The highest BCUT2D eigenvalue weighted by atomic mass is 16.7. The van der Waals surface area contributed by atoms with E-state index in [9.17, 15) is 0 Å². The van der Waals surface area contributed by atoms with E-state index in [0.29, 0.717) is 19.1 Å². The predicted octanol–water partition coefficient (Wildman–Crippen LogP) is 3.20. The van der Waals surface area contributed by atoms with Crippen molar-refractivity contribution in [2.24, 2.45) is 5.92 Å². The monoisotopic (exact) mass is 292 g/mol. The van der Waals surface area contributed by atoms with E-state index in [4.69, 9.17) is 18.9 Å². The average molecular weight is 292 g/mol. The first-order valence-electron chi connectivity index (χ1n) is 7.31. The number of ether oxygens (including phenoxy) is 4. The Balaban J connectivity index is 1.92. The number of hydrogen-bond donors (Lipinski definition) is 0. The number of rotatable bonds is 7. The standard InChI is InChI=1S/C17H24O4/c1-5-6-13-7-8-15(16(9-13)18-4)19-10-14-11-20-17(21-14)12(2)3/h5,7-9,12,14,17H,1,6,10-11H2,2-4H3/t14-,17+/m0/s1. The fourth-order valence-corrected chi connectivity index (χ4v) is 2.21. The molecule has 21 heavy (non-hydrogen) atoms. The third kappa shape index (κ3) is 4.22. The van der Waals surface area contributed by atoms with Gasteiger partial charge in [-0.2, -0.15) is 0 Å². The highest BCUT2D eigenvalue weighted by molar-refractivity contribution is 5.43. The summed E-state index contributed by atoms with van der Waals surface area (Å²) in [4.78, 5) is 0. The fourth-order valence-electron chi connectivity index (χ4n) is 2.21. The molecular formula is C17H24O4. The lowest BCUT2D eigenvalue weighted by atomic mass is 10.1. The average Bonchev–Trinajstić information content (AvgIpc) is 2.95. The van der Waals surface area contributed by atoms with Gasteiger partial charge in [-0.3, -0.25) is 0 Å². The molecule has 0 unspecified atom stereocenters. The van der Waals surface area contributed by atoms with Crippen LogP contribution in [0, 0.1) is 5.92 Å². The molecule has 1 aromatic rings. The first-order valence-corrected chi connectivity index (χ1v) is 7.31. The highest BCUT2D eigenvalue weighted by Crippen LogP contribution is 2.29. The molecule has 116 valence electrons. The molecule has 2 rings (SSSR count). The Morgan fingerprint density at radius 1 is 1.38 bits per heavy atom. The molecule has 0 radical (unpaired) electrons. The van der Waals surface area contributed by atoms with E-state index in [2.05, 4.69) is 20.4 Å². The van der Waals surface area contributed by atoms with Crippen LogP contribution in [0.2, 0.25) is 0 Å². The van der Waals surface area contributed by atoms with Crippen LogP contribution >= 0.6 is 0 Å². The van der Waals surface area contributed by atoms with E-state index in [1.54, 1.807) is 7.11 Å². The maximum atomic E-state index is 5.82. The van der Waals surface area contributed by atoms with E-state index in [1.165, 1.54) is 0 Å². The summed E-state index contributed by atoms with van der Waals surface area (Å²) in [6.45, 7) is 8.93. The van der Waals surface area contributed by atoms with Gasteiger partial charge in [0, 0.05) is 5.92 Å². The van der Waals surface area contributed by atoms with Crippen LogP contribution in [0.4, 0.5) is 0 Å². The van der Waals surface area contributed by atoms with E-state index >= 15 is 0 Å². The van der Waals surface area contributed by atoms with Gasteiger partial charge in [0.2, 0.25) is 0 Å². The second-order valence-corrected chi connectivity index (χ2v) is 5.49. The van der Waals surface area contributed by atoms with Crippen LogP contribution in [0.1, 0.15) is 19.4 Å². The highest BCUT2D eigenvalue weighted by Gasteiger charge is 2.28. The Morgan fingerprint density at radius 3 is 2.81 bits per heavy atom. The zero-order valence-corrected chi connectivity index (χ0v) is 13.0. The van der Waals surface area contributed by atoms with Crippen molar-refractivity contribution in [3.63, 3.8) is 0 Å². The molecule has 1 aromatic carbocycles. The lowest BCUT2D eigenvalue weighted by Crippen LogP contribution is -2.22. The molecule has 4 heteroatoms. The smallest absolute Gasteiger partial charge is 0.161 e. The summed E-state index contributed by atoms with van der Waals surface area (Å²) in [5, 5.41) is 0. The molecule has 1 aliphatic heterocycles. The van der Waals surface area contributed by atoms with Gasteiger partial charge in [0.15, 0.2) is 17.8 Å². The Bertz CT molecular complexity index is 470. The van der Waals surface area contributed by atoms with Crippen LogP contribution in [0.5, 0.6) is 11.5 Å². The lowest BCUT2D eigenvalue weighted by molar-refractivity contribution is -0.0915. The largest absolute Gasteiger partial charge is 0.493 e. The zero-order valence-electron chi connectivity index (χ0n) is 13.0. The molecule has 1 heterocycles. The molecule has 0 aromatic heterocycles. The molecule has 0 bridgehead atoms. The quantitative estimate of drug-likeness (QED) is 0.723. The van der Waals surface area contributed by atoms with Gasteiger partial charge in [0.05, 0.1) is 13.7 Å². The third-order valence-corrected chi connectivity index (χ3v) is 3.35. The van der Waals surface area contributed by atoms with E-state index in [0.717, 1.165) is 23.5 Å². The molecule has 1 saturated heterocycles. The second-order valence-electron chi connectivity index (χ2n) is 5.49. The van der Waals surface area contributed by atoms with Gasteiger partial charge in [-0.1, -0.05) is 26.0 Å². The molecule has 0 N–H and O–H groups in total. The number of hydrogen-bond acceptors (Lipinski definition) is 4. The first kappa shape index (κ1) is 15.9. The van der Waals surface area contributed by atoms with E-state index in [-0.39, 0.29) is 12.4 Å². The van der Waals surface area contributed by atoms with Crippen molar-refractivity contribution in [1.82, 2.24) is 0 Å². The van der Waals surface area contributed by atoms with Crippen molar-refractivity contribution in [1.29, 1.82) is 0 Å². The molecule has 1 fully saturated rings. The predicted molar refractivity (Wildman–Crippen MR) is 81.8 cm³/mol. The first-order chi connectivity index (χ1) is 10.1. The Labute approximate surface area is 126 Å². The second kappa shape index (κ2) is 7.48. The molecule has 0 amide bonds. The summed E-state index contributed by atoms with van der Waals surface area (Å²) in [5.41, 5.74) is 1.15. The maximum absolute atomic E-state index is 5.82. The van der Waals surface area contributed by atoms with Gasteiger partial charge in [-0.05, 0) is 24.1 Å². The van der Waals surface area contributed by atoms with Gasteiger partial charge in [0.1, 0.15) is 12.7 Å². The van der Waals surface area contributed by atoms with Gasteiger partial charge in [-0.15, -0.1) is 6.58 Å². The summed E-state index contributed by atoms with van der Waals surface area (Å²) in [5.74, 6) is 1.80. The van der Waals surface area contributed by atoms with Crippen LogP contribution < -0.4 is 9.47 Å². The van der Waals surface area contributed by atoms with Crippen molar-refractivity contribution >= 4 is 0 Å². The van der Waals surface area contributed by atoms with Crippen LogP contribution in [0.25, 0.3) is 0 Å². The van der Waals surface area contributed by atoms with Crippen molar-refractivity contribution in [3.8, 4) is 11.5 Å². The maximum Gasteiger partial charge on any atom is 0.161 e. The van der Waals surface area contributed by atoms with E-state index < -0.39 is 0 Å². The molecule has 0 saturated carbocycles. The Kier molecular flexibility index (Phi) is 5.65. The van der Waals surface area contributed by atoms with Gasteiger partial charge < -0.3 is 18.9 Å². The lowest BCUT2D eigenvalue weighted by Gasteiger charge is -2.16. The van der Waals surface area contributed by atoms with Crippen molar-refractivity contribution in [2.45, 2.75) is 32.7 Å². The molecule has 0 spiro atoms. The summed E-state index contributed by atoms with van der Waals surface area (Å²) >= 11 is 0. The molecule has 0 aliphatic carbocycles. The topological polar surface area (TPSA) is 36.9 Å². The van der Waals surface area contributed by atoms with Crippen LogP contribution in [0.3, 0.4) is 0 Å². The van der Waals surface area contributed by atoms with Crippen LogP contribution in [-0.4, -0.2) is 32.7 Å². The molecule has 1 aliphatic rings. The van der Waals surface area contributed by atoms with Gasteiger partial charge >= 0.3 is 0 Å². The Morgan fingerprint density at radius 2 is 2.19 bits per heavy atom. The SMILES string of the molecule is C=CCc1ccc(OC[C@H]2CO[C@@H](C(C)C)O2)c(OC)c1. The van der Waals surface area contributed by atoms with Gasteiger partial charge in [-0.25, -0.2) is 0 Å².